The molecule has 0 saturated carbocycles. The lowest BCUT2D eigenvalue weighted by atomic mass is 9.60. The zero-order valence-corrected chi connectivity index (χ0v) is 19.1. The molecule has 1 fully saturated rings. The maximum absolute atomic E-state index is 11.6. The normalized spacial score (nSPS) is 27.4. The SMILES string of the molecule is COc1ccccc1C(c1ccccc1)(c1ccccc1)[C@]1(OC)O[C@H](CO)[C@@H](O)[C@H](O)[C@@H]1O. The Labute approximate surface area is 198 Å². The first kappa shape index (κ1) is 24.3. The van der Waals surface area contributed by atoms with E-state index in [1.807, 2.05) is 78.9 Å². The molecule has 0 spiro atoms. The van der Waals surface area contributed by atoms with E-state index in [4.69, 9.17) is 14.2 Å². The van der Waals surface area contributed by atoms with Crippen molar-refractivity contribution in [3.05, 3.63) is 102 Å². The van der Waals surface area contributed by atoms with E-state index in [2.05, 4.69) is 0 Å². The van der Waals surface area contributed by atoms with Gasteiger partial charge in [-0.3, -0.25) is 0 Å². The molecule has 1 heterocycles. The Balaban J connectivity index is 2.19. The third kappa shape index (κ3) is 3.53. The summed E-state index contributed by atoms with van der Waals surface area (Å²) in [6.07, 6.45) is -6.11. The smallest absolute Gasteiger partial charge is 0.215 e. The van der Waals surface area contributed by atoms with Crippen molar-refractivity contribution in [2.45, 2.75) is 35.6 Å². The summed E-state index contributed by atoms with van der Waals surface area (Å²) in [6, 6.07) is 26.0. The minimum atomic E-state index is -1.98. The number of methoxy groups -OCH3 is 2. The highest BCUT2D eigenvalue weighted by Crippen LogP contribution is 2.55. The largest absolute Gasteiger partial charge is 0.496 e. The first-order chi connectivity index (χ1) is 16.5. The van der Waals surface area contributed by atoms with Crippen LogP contribution in [-0.2, 0) is 14.9 Å². The van der Waals surface area contributed by atoms with Gasteiger partial charge >= 0.3 is 0 Å². The van der Waals surface area contributed by atoms with Crippen LogP contribution in [0.25, 0.3) is 0 Å². The summed E-state index contributed by atoms with van der Waals surface area (Å²) >= 11 is 0. The molecule has 5 atom stereocenters. The second kappa shape index (κ2) is 9.84. The number of para-hydroxylation sites is 1. The Hall–Kier alpha value is -2.78. The second-order valence-corrected chi connectivity index (χ2v) is 8.32. The first-order valence-corrected chi connectivity index (χ1v) is 11.1. The van der Waals surface area contributed by atoms with Crippen molar-refractivity contribution in [3.8, 4) is 5.75 Å². The zero-order valence-electron chi connectivity index (χ0n) is 19.1. The van der Waals surface area contributed by atoms with E-state index < -0.39 is 42.2 Å². The predicted molar refractivity (Wildman–Crippen MR) is 125 cm³/mol. The van der Waals surface area contributed by atoms with Gasteiger partial charge in [0.1, 0.15) is 35.6 Å². The molecule has 7 heteroatoms. The number of benzene rings is 3. The maximum Gasteiger partial charge on any atom is 0.215 e. The summed E-state index contributed by atoms with van der Waals surface area (Å²) in [4.78, 5) is 0. The molecule has 0 radical (unpaired) electrons. The summed E-state index contributed by atoms with van der Waals surface area (Å²) < 4.78 is 18.1. The van der Waals surface area contributed by atoms with Gasteiger partial charge in [0, 0.05) is 12.7 Å². The van der Waals surface area contributed by atoms with Crippen LogP contribution in [0.2, 0.25) is 0 Å². The van der Waals surface area contributed by atoms with Crippen LogP contribution in [0.15, 0.2) is 84.9 Å². The third-order valence-corrected chi connectivity index (χ3v) is 6.70. The van der Waals surface area contributed by atoms with Crippen LogP contribution in [0.5, 0.6) is 5.75 Å². The summed E-state index contributed by atoms with van der Waals surface area (Å²) in [5.74, 6) is -1.47. The van der Waals surface area contributed by atoms with Crippen molar-refractivity contribution in [1.29, 1.82) is 0 Å². The highest BCUT2D eigenvalue weighted by Gasteiger charge is 2.67. The lowest BCUT2D eigenvalue weighted by Crippen LogP contribution is -2.73. The number of rotatable bonds is 7. The minimum absolute atomic E-state index is 0.503. The molecule has 1 aliphatic heterocycles. The van der Waals surface area contributed by atoms with Crippen molar-refractivity contribution < 1.29 is 34.6 Å². The lowest BCUT2D eigenvalue weighted by molar-refractivity contribution is -0.373. The molecule has 1 aliphatic rings. The molecule has 0 aromatic heterocycles. The lowest BCUT2D eigenvalue weighted by Gasteiger charge is -2.57. The molecule has 0 unspecified atom stereocenters. The van der Waals surface area contributed by atoms with Crippen molar-refractivity contribution in [1.82, 2.24) is 0 Å². The van der Waals surface area contributed by atoms with E-state index in [0.29, 0.717) is 22.4 Å². The maximum atomic E-state index is 11.6. The van der Waals surface area contributed by atoms with E-state index in [1.165, 1.54) is 7.11 Å². The van der Waals surface area contributed by atoms with Crippen molar-refractivity contribution in [2.75, 3.05) is 20.8 Å². The number of hydrogen-bond donors (Lipinski definition) is 4. The van der Waals surface area contributed by atoms with E-state index in [1.54, 1.807) is 13.2 Å². The average molecular weight is 467 g/mol. The van der Waals surface area contributed by atoms with Gasteiger partial charge in [-0.15, -0.1) is 0 Å². The molecule has 180 valence electrons. The molecular weight excluding hydrogens is 436 g/mol. The summed E-state index contributed by atoms with van der Waals surface area (Å²) in [6.45, 7) is -0.596. The van der Waals surface area contributed by atoms with E-state index in [9.17, 15) is 20.4 Å². The fourth-order valence-electron chi connectivity index (χ4n) is 5.17. The monoisotopic (exact) mass is 466 g/mol. The van der Waals surface area contributed by atoms with E-state index >= 15 is 0 Å². The van der Waals surface area contributed by atoms with Crippen LogP contribution >= 0.6 is 0 Å². The van der Waals surface area contributed by atoms with Gasteiger partial charge in [-0.2, -0.15) is 0 Å². The van der Waals surface area contributed by atoms with Crippen LogP contribution in [0, 0.1) is 0 Å². The number of hydrogen-bond acceptors (Lipinski definition) is 7. The van der Waals surface area contributed by atoms with Crippen molar-refractivity contribution in [2.24, 2.45) is 0 Å². The fraction of sp³-hybridized carbons (Fsp3) is 0.333. The molecule has 4 N–H and O–H groups in total. The Kier molecular flexibility index (Phi) is 7.04. The quantitative estimate of drug-likeness (QED) is 0.394. The Bertz CT molecular complexity index is 1030. The molecule has 3 aromatic rings. The van der Waals surface area contributed by atoms with Crippen molar-refractivity contribution >= 4 is 0 Å². The van der Waals surface area contributed by atoms with Crippen LogP contribution in [0.4, 0.5) is 0 Å². The molecule has 3 aromatic carbocycles. The van der Waals surface area contributed by atoms with Gasteiger partial charge in [0.2, 0.25) is 5.79 Å². The van der Waals surface area contributed by atoms with Crippen LogP contribution in [0.3, 0.4) is 0 Å². The molecule has 1 saturated heterocycles. The van der Waals surface area contributed by atoms with Crippen molar-refractivity contribution in [3.63, 3.8) is 0 Å². The van der Waals surface area contributed by atoms with Gasteiger partial charge in [-0.05, 0) is 17.2 Å². The standard InChI is InChI=1S/C27H30O7/c1-32-21-16-10-9-15-20(21)26(18-11-5-3-6-12-18,19-13-7-4-8-14-19)27(33-2)25(31)24(30)23(29)22(17-28)34-27/h3-16,22-25,28-31H,17H2,1-2H3/t22-,23-,24+,25+,27-/m1/s1. The Morgan fingerprint density at radius 2 is 1.32 bits per heavy atom. The highest BCUT2D eigenvalue weighted by molar-refractivity contribution is 5.58. The van der Waals surface area contributed by atoms with E-state index in [0.717, 1.165) is 0 Å². The second-order valence-electron chi connectivity index (χ2n) is 8.32. The third-order valence-electron chi connectivity index (χ3n) is 6.70. The fourth-order valence-corrected chi connectivity index (χ4v) is 5.17. The van der Waals surface area contributed by atoms with Crippen LogP contribution in [0.1, 0.15) is 16.7 Å². The minimum Gasteiger partial charge on any atom is -0.496 e. The highest BCUT2D eigenvalue weighted by atomic mass is 16.7. The topological polar surface area (TPSA) is 109 Å². The summed E-state index contributed by atoms with van der Waals surface area (Å²) in [5, 5.41) is 43.1. The number of ether oxygens (including phenoxy) is 3. The molecule has 7 nitrogen and oxygen atoms in total. The Morgan fingerprint density at radius 3 is 1.82 bits per heavy atom. The number of aliphatic hydroxyl groups excluding tert-OH is 4. The Morgan fingerprint density at radius 1 is 0.794 bits per heavy atom. The van der Waals surface area contributed by atoms with Gasteiger partial charge in [-0.1, -0.05) is 78.9 Å². The van der Waals surface area contributed by atoms with Gasteiger partial charge in [0.15, 0.2) is 0 Å². The molecule has 0 amide bonds. The first-order valence-electron chi connectivity index (χ1n) is 11.1. The molecule has 0 aliphatic carbocycles. The van der Waals surface area contributed by atoms with E-state index in [-0.39, 0.29) is 0 Å². The predicted octanol–water partition coefficient (Wildman–Crippen LogP) is 1.85. The van der Waals surface area contributed by atoms with Gasteiger partial charge in [0.05, 0.1) is 13.7 Å². The zero-order chi connectivity index (χ0) is 24.3. The van der Waals surface area contributed by atoms with Gasteiger partial charge in [-0.25, -0.2) is 0 Å². The van der Waals surface area contributed by atoms with Gasteiger partial charge < -0.3 is 34.6 Å². The molecular formula is C27H30O7. The van der Waals surface area contributed by atoms with Gasteiger partial charge in [0.25, 0.3) is 0 Å². The molecule has 0 bridgehead atoms. The molecule has 34 heavy (non-hydrogen) atoms. The van der Waals surface area contributed by atoms with Crippen LogP contribution in [-0.4, -0.2) is 71.5 Å². The average Bonchev–Trinajstić information content (AvgIpc) is 2.90. The number of aliphatic hydroxyl groups is 4. The summed E-state index contributed by atoms with van der Waals surface area (Å²) in [7, 11) is 2.92. The molecule has 4 rings (SSSR count). The van der Waals surface area contributed by atoms with Crippen LogP contribution < -0.4 is 4.74 Å². The summed E-state index contributed by atoms with van der Waals surface area (Å²) in [5.41, 5.74) is 0.583.